The van der Waals surface area contributed by atoms with Crippen LogP contribution in [0.15, 0.2) is 36.4 Å². The third-order valence-corrected chi connectivity index (χ3v) is 3.49. The number of amides is 1. The van der Waals surface area contributed by atoms with Crippen molar-refractivity contribution in [2.24, 2.45) is 0 Å². The van der Waals surface area contributed by atoms with Gasteiger partial charge in [-0.2, -0.15) is 5.26 Å². The Kier molecular flexibility index (Phi) is 6.03. The van der Waals surface area contributed by atoms with E-state index in [1.807, 2.05) is 6.07 Å². The van der Waals surface area contributed by atoms with Crippen molar-refractivity contribution in [2.45, 2.75) is 19.6 Å². The molecule has 0 aliphatic carbocycles. The standard InChI is InChI=1S/C18H16F2N2O3/c1-2-25-17(15-13(19)7-8-14(23)16(15)20)18(24)22-10-12-5-3-11(9-21)4-6-12/h3-8,17,23H,2,10H2,1H3,(H,22,24). The van der Waals surface area contributed by atoms with Gasteiger partial charge in [-0.25, -0.2) is 8.78 Å². The Morgan fingerprint density at radius 3 is 2.56 bits per heavy atom. The van der Waals surface area contributed by atoms with Gasteiger partial charge in [0.05, 0.1) is 17.2 Å². The third-order valence-electron chi connectivity index (χ3n) is 3.49. The summed E-state index contributed by atoms with van der Waals surface area (Å²) in [6.45, 7) is 1.72. The van der Waals surface area contributed by atoms with Crippen molar-refractivity contribution >= 4 is 5.91 Å². The Morgan fingerprint density at radius 1 is 1.28 bits per heavy atom. The Balaban J connectivity index is 2.18. The Labute approximate surface area is 143 Å². The summed E-state index contributed by atoms with van der Waals surface area (Å²) < 4.78 is 33.2. The number of rotatable bonds is 6. The fourth-order valence-corrected chi connectivity index (χ4v) is 2.23. The molecule has 0 aliphatic rings. The first kappa shape index (κ1) is 18.4. The fourth-order valence-electron chi connectivity index (χ4n) is 2.23. The second-order valence-electron chi connectivity index (χ2n) is 5.16. The number of hydrogen-bond acceptors (Lipinski definition) is 4. The van der Waals surface area contributed by atoms with Gasteiger partial charge in [-0.15, -0.1) is 0 Å². The molecular weight excluding hydrogens is 330 g/mol. The summed E-state index contributed by atoms with van der Waals surface area (Å²) in [5.74, 6) is -3.72. The van der Waals surface area contributed by atoms with E-state index in [0.717, 1.165) is 12.1 Å². The molecule has 2 N–H and O–H groups in total. The molecule has 2 aromatic rings. The van der Waals surface area contributed by atoms with Crippen LogP contribution in [-0.2, 0) is 16.1 Å². The molecule has 0 aromatic heterocycles. The Bertz CT molecular complexity index is 801. The van der Waals surface area contributed by atoms with Crippen molar-refractivity contribution in [3.63, 3.8) is 0 Å². The molecule has 25 heavy (non-hydrogen) atoms. The summed E-state index contributed by atoms with van der Waals surface area (Å²) in [6.07, 6.45) is -1.53. The molecule has 0 heterocycles. The lowest BCUT2D eigenvalue weighted by molar-refractivity contribution is -0.133. The van der Waals surface area contributed by atoms with Crippen LogP contribution >= 0.6 is 0 Å². The van der Waals surface area contributed by atoms with E-state index in [2.05, 4.69) is 5.32 Å². The predicted molar refractivity (Wildman–Crippen MR) is 85.4 cm³/mol. The van der Waals surface area contributed by atoms with Crippen LogP contribution in [0.4, 0.5) is 8.78 Å². The molecule has 0 saturated heterocycles. The zero-order chi connectivity index (χ0) is 18.4. The van der Waals surface area contributed by atoms with E-state index >= 15 is 0 Å². The van der Waals surface area contributed by atoms with Crippen molar-refractivity contribution in [1.29, 1.82) is 5.26 Å². The lowest BCUT2D eigenvalue weighted by atomic mass is 10.1. The molecule has 5 nitrogen and oxygen atoms in total. The highest BCUT2D eigenvalue weighted by Crippen LogP contribution is 2.29. The molecule has 1 unspecified atom stereocenters. The second-order valence-corrected chi connectivity index (χ2v) is 5.16. The molecule has 0 saturated carbocycles. The maximum absolute atomic E-state index is 14.1. The first-order valence-corrected chi connectivity index (χ1v) is 7.53. The number of ether oxygens (including phenoxy) is 1. The van der Waals surface area contributed by atoms with E-state index in [1.54, 1.807) is 31.2 Å². The van der Waals surface area contributed by atoms with Gasteiger partial charge in [0.25, 0.3) is 5.91 Å². The Hall–Kier alpha value is -2.98. The topological polar surface area (TPSA) is 82.3 Å². The maximum atomic E-state index is 14.1. The number of carbonyl (C=O) groups is 1. The van der Waals surface area contributed by atoms with Crippen LogP contribution in [0.2, 0.25) is 0 Å². The van der Waals surface area contributed by atoms with Gasteiger partial charge in [0, 0.05) is 13.2 Å². The number of carbonyl (C=O) groups excluding carboxylic acids is 1. The minimum Gasteiger partial charge on any atom is -0.505 e. The minimum absolute atomic E-state index is 0.0451. The van der Waals surface area contributed by atoms with Gasteiger partial charge in [0.1, 0.15) is 5.82 Å². The number of halogens is 2. The molecule has 2 aromatic carbocycles. The molecular formula is C18H16F2N2O3. The highest BCUT2D eigenvalue weighted by molar-refractivity contribution is 5.82. The van der Waals surface area contributed by atoms with Crippen LogP contribution < -0.4 is 5.32 Å². The van der Waals surface area contributed by atoms with Gasteiger partial charge in [0.15, 0.2) is 17.7 Å². The zero-order valence-electron chi connectivity index (χ0n) is 13.4. The number of nitrogens with one attached hydrogen (secondary N) is 1. The molecule has 130 valence electrons. The summed E-state index contributed by atoms with van der Waals surface area (Å²) >= 11 is 0. The second kappa shape index (κ2) is 8.22. The van der Waals surface area contributed by atoms with Crippen molar-refractivity contribution < 1.29 is 23.4 Å². The van der Waals surface area contributed by atoms with Crippen LogP contribution in [-0.4, -0.2) is 17.6 Å². The van der Waals surface area contributed by atoms with E-state index < -0.39 is 35.0 Å². The molecule has 7 heteroatoms. The zero-order valence-corrected chi connectivity index (χ0v) is 13.4. The van der Waals surface area contributed by atoms with Crippen molar-refractivity contribution in [1.82, 2.24) is 5.32 Å². The van der Waals surface area contributed by atoms with Crippen molar-refractivity contribution in [2.75, 3.05) is 6.61 Å². The van der Waals surface area contributed by atoms with Crippen LogP contribution in [0, 0.1) is 23.0 Å². The summed E-state index contributed by atoms with van der Waals surface area (Å²) in [6, 6.07) is 10.2. The number of phenols is 1. The molecule has 2 rings (SSSR count). The number of nitrogens with zero attached hydrogens (tertiary/aromatic N) is 1. The lowest BCUT2D eigenvalue weighted by Crippen LogP contribution is -2.31. The first-order chi connectivity index (χ1) is 12.0. The monoisotopic (exact) mass is 346 g/mol. The van der Waals surface area contributed by atoms with Crippen LogP contribution in [0.3, 0.4) is 0 Å². The minimum atomic E-state index is -1.53. The third kappa shape index (κ3) is 4.31. The average molecular weight is 346 g/mol. The van der Waals surface area contributed by atoms with Gasteiger partial charge >= 0.3 is 0 Å². The van der Waals surface area contributed by atoms with E-state index in [0.29, 0.717) is 11.1 Å². The van der Waals surface area contributed by atoms with E-state index in [9.17, 15) is 18.7 Å². The highest BCUT2D eigenvalue weighted by atomic mass is 19.1. The normalized spacial score (nSPS) is 11.6. The molecule has 0 spiro atoms. The molecule has 1 atom stereocenters. The summed E-state index contributed by atoms with van der Waals surface area (Å²) in [5, 5.41) is 20.7. The Morgan fingerprint density at radius 2 is 1.96 bits per heavy atom. The van der Waals surface area contributed by atoms with Gasteiger partial charge in [-0.1, -0.05) is 12.1 Å². The number of phenolic OH excluding ortho intramolecular Hbond substituents is 1. The number of hydrogen-bond donors (Lipinski definition) is 2. The largest absolute Gasteiger partial charge is 0.505 e. The number of nitriles is 1. The summed E-state index contributed by atoms with van der Waals surface area (Å²) in [5.41, 5.74) is 0.546. The quantitative estimate of drug-likeness (QED) is 0.842. The number of benzene rings is 2. The lowest BCUT2D eigenvalue weighted by Gasteiger charge is -2.19. The highest BCUT2D eigenvalue weighted by Gasteiger charge is 2.29. The summed E-state index contributed by atoms with van der Waals surface area (Å²) in [7, 11) is 0. The van der Waals surface area contributed by atoms with Gasteiger partial charge in [-0.05, 0) is 36.8 Å². The molecule has 0 radical (unpaired) electrons. The SMILES string of the molecule is CCOC(C(=O)NCc1ccc(C#N)cc1)c1c(F)ccc(O)c1F. The predicted octanol–water partition coefficient (Wildman–Crippen LogP) is 2.94. The number of aromatic hydroxyl groups is 1. The molecule has 0 bridgehead atoms. The fraction of sp³-hybridized carbons (Fsp3) is 0.222. The van der Waals surface area contributed by atoms with Gasteiger partial charge < -0.3 is 15.2 Å². The van der Waals surface area contributed by atoms with E-state index in [4.69, 9.17) is 10.00 Å². The van der Waals surface area contributed by atoms with Crippen LogP contribution in [0.1, 0.15) is 29.7 Å². The van der Waals surface area contributed by atoms with Crippen molar-refractivity contribution in [3.8, 4) is 11.8 Å². The average Bonchev–Trinajstić information content (AvgIpc) is 2.62. The van der Waals surface area contributed by atoms with E-state index in [1.165, 1.54) is 0 Å². The first-order valence-electron chi connectivity index (χ1n) is 7.53. The van der Waals surface area contributed by atoms with Crippen LogP contribution in [0.5, 0.6) is 5.75 Å². The van der Waals surface area contributed by atoms with Crippen molar-refractivity contribution in [3.05, 3.63) is 64.7 Å². The van der Waals surface area contributed by atoms with Crippen LogP contribution in [0.25, 0.3) is 0 Å². The van der Waals surface area contributed by atoms with Gasteiger partial charge in [0.2, 0.25) is 0 Å². The molecule has 0 fully saturated rings. The van der Waals surface area contributed by atoms with Gasteiger partial charge in [-0.3, -0.25) is 4.79 Å². The maximum Gasteiger partial charge on any atom is 0.254 e. The molecule has 0 aliphatic heterocycles. The van der Waals surface area contributed by atoms with E-state index in [-0.39, 0.29) is 13.2 Å². The summed E-state index contributed by atoms with van der Waals surface area (Å²) in [4.78, 5) is 12.3. The smallest absolute Gasteiger partial charge is 0.254 e. The molecule has 1 amide bonds.